The molecule has 0 aliphatic carbocycles. The molecule has 6 nitrogen and oxygen atoms in total. The number of esters is 1. The molecule has 1 aliphatic rings. The zero-order valence-electron chi connectivity index (χ0n) is 18.9. The van der Waals surface area contributed by atoms with E-state index in [9.17, 15) is 9.59 Å². The van der Waals surface area contributed by atoms with E-state index in [2.05, 4.69) is 42.8 Å². The normalized spacial score (nSPS) is 15.3. The summed E-state index contributed by atoms with van der Waals surface area (Å²) in [5, 5.41) is 0. The third-order valence-corrected chi connectivity index (χ3v) is 7.28. The Morgan fingerprint density at radius 3 is 2.63 bits per heavy atom. The summed E-state index contributed by atoms with van der Waals surface area (Å²) in [6.45, 7) is 3.83. The molecule has 0 saturated carbocycles. The molecule has 2 aromatic carbocycles. The summed E-state index contributed by atoms with van der Waals surface area (Å²) in [5.41, 5.74) is 2.07. The SMILES string of the molecule is C#CCOc1ccc(Br)cc1/C=c1\sc2n(c1=O)C(c1ccc(Br)cc1)C(C(=O)OCC)=C(C)N=2. The highest BCUT2D eigenvalue weighted by Crippen LogP contribution is 2.31. The molecule has 1 atom stereocenters. The van der Waals surface area contributed by atoms with E-state index < -0.39 is 12.0 Å². The van der Waals surface area contributed by atoms with E-state index >= 15 is 0 Å². The Hall–Kier alpha value is -2.93. The smallest absolute Gasteiger partial charge is 0.338 e. The summed E-state index contributed by atoms with van der Waals surface area (Å²) in [6.07, 6.45) is 7.10. The van der Waals surface area contributed by atoms with Crippen LogP contribution in [0.25, 0.3) is 6.08 Å². The molecule has 0 N–H and O–H groups in total. The van der Waals surface area contributed by atoms with Gasteiger partial charge in [-0.3, -0.25) is 9.36 Å². The Kier molecular flexibility index (Phi) is 7.75. The van der Waals surface area contributed by atoms with Crippen molar-refractivity contribution in [3.8, 4) is 18.1 Å². The second-order valence-electron chi connectivity index (χ2n) is 7.53. The van der Waals surface area contributed by atoms with E-state index in [4.69, 9.17) is 15.9 Å². The van der Waals surface area contributed by atoms with Gasteiger partial charge in [0.1, 0.15) is 12.4 Å². The third kappa shape index (κ3) is 5.20. The first-order valence-electron chi connectivity index (χ1n) is 10.6. The zero-order chi connectivity index (χ0) is 25.1. The topological polar surface area (TPSA) is 69.9 Å². The minimum absolute atomic E-state index is 0.107. The van der Waals surface area contributed by atoms with Crippen LogP contribution in [0.3, 0.4) is 0 Å². The number of aromatic nitrogens is 1. The molecule has 4 rings (SSSR count). The molecule has 2 heterocycles. The van der Waals surface area contributed by atoms with Gasteiger partial charge in [0.2, 0.25) is 0 Å². The van der Waals surface area contributed by atoms with Crippen LogP contribution in [0, 0.1) is 12.3 Å². The summed E-state index contributed by atoms with van der Waals surface area (Å²) in [6, 6.07) is 12.3. The number of nitrogens with zero attached hydrogens (tertiary/aromatic N) is 2. The summed E-state index contributed by atoms with van der Waals surface area (Å²) >= 11 is 8.17. The van der Waals surface area contributed by atoms with Gasteiger partial charge in [0.25, 0.3) is 5.56 Å². The molecule has 35 heavy (non-hydrogen) atoms. The lowest BCUT2D eigenvalue weighted by Gasteiger charge is -2.24. The van der Waals surface area contributed by atoms with Gasteiger partial charge in [0.15, 0.2) is 4.80 Å². The predicted octanol–water partition coefficient (Wildman–Crippen LogP) is 4.34. The van der Waals surface area contributed by atoms with Gasteiger partial charge < -0.3 is 9.47 Å². The maximum atomic E-state index is 13.7. The zero-order valence-corrected chi connectivity index (χ0v) is 22.9. The second kappa shape index (κ2) is 10.8. The van der Waals surface area contributed by atoms with Gasteiger partial charge in [-0.25, -0.2) is 9.79 Å². The number of hydrogen-bond acceptors (Lipinski definition) is 6. The second-order valence-corrected chi connectivity index (χ2v) is 10.4. The molecular weight excluding hydrogens is 596 g/mol. The van der Waals surface area contributed by atoms with Gasteiger partial charge in [-0.2, -0.15) is 0 Å². The molecular formula is C26H20Br2N2O4S. The fraction of sp³-hybridized carbons (Fsp3) is 0.192. The Balaban J connectivity index is 1.94. The fourth-order valence-electron chi connectivity index (χ4n) is 3.78. The molecule has 178 valence electrons. The number of terminal acetylenes is 1. The van der Waals surface area contributed by atoms with Gasteiger partial charge in [-0.15, -0.1) is 6.42 Å². The minimum Gasteiger partial charge on any atom is -0.480 e. The van der Waals surface area contributed by atoms with E-state index in [0.29, 0.717) is 31.9 Å². The molecule has 0 amide bonds. The molecule has 1 aromatic heterocycles. The Bertz CT molecular complexity index is 1550. The standard InChI is InChI=1S/C26H20Br2N2O4S/c1-4-12-34-20-11-10-19(28)13-17(20)14-21-24(31)30-23(16-6-8-18(27)9-7-16)22(25(32)33-5-2)15(3)29-26(30)35-21/h1,6-11,13-14,23H,5,12H2,2-3H3/b21-14-. The summed E-state index contributed by atoms with van der Waals surface area (Å²) in [4.78, 5) is 31.8. The van der Waals surface area contributed by atoms with Gasteiger partial charge in [0, 0.05) is 14.5 Å². The monoisotopic (exact) mass is 614 g/mol. The number of fused-ring (bicyclic) bond motifs is 1. The van der Waals surface area contributed by atoms with Crippen LogP contribution in [0.4, 0.5) is 0 Å². The molecule has 0 fully saturated rings. The highest BCUT2D eigenvalue weighted by atomic mass is 79.9. The number of hydrogen-bond donors (Lipinski definition) is 0. The number of ether oxygens (including phenoxy) is 2. The van der Waals surface area contributed by atoms with Crippen molar-refractivity contribution >= 4 is 55.2 Å². The molecule has 0 spiro atoms. The lowest BCUT2D eigenvalue weighted by Crippen LogP contribution is -2.39. The van der Waals surface area contributed by atoms with Gasteiger partial charge >= 0.3 is 5.97 Å². The number of rotatable bonds is 6. The number of carbonyl (C=O) groups is 1. The van der Waals surface area contributed by atoms with E-state index in [1.807, 2.05) is 36.4 Å². The highest BCUT2D eigenvalue weighted by Gasteiger charge is 2.33. The van der Waals surface area contributed by atoms with Crippen molar-refractivity contribution in [2.75, 3.05) is 13.2 Å². The molecule has 0 radical (unpaired) electrons. The first-order chi connectivity index (χ1) is 16.8. The number of thiazole rings is 1. The van der Waals surface area contributed by atoms with Crippen LogP contribution < -0.4 is 19.6 Å². The van der Waals surface area contributed by atoms with Crippen molar-refractivity contribution in [3.63, 3.8) is 0 Å². The Morgan fingerprint density at radius 1 is 1.23 bits per heavy atom. The van der Waals surface area contributed by atoms with Crippen LogP contribution >= 0.6 is 43.2 Å². The van der Waals surface area contributed by atoms with Crippen LogP contribution in [0.2, 0.25) is 0 Å². The van der Waals surface area contributed by atoms with Crippen molar-refractivity contribution in [2.24, 2.45) is 4.99 Å². The lowest BCUT2D eigenvalue weighted by atomic mass is 9.96. The van der Waals surface area contributed by atoms with Crippen molar-refractivity contribution in [1.29, 1.82) is 0 Å². The number of benzene rings is 2. The molecule has 0 saturated heterocycles. The average Bonchev–Trinajstić information content (AvgIpc) is 3.12. The largest absolute Gasteiger partial charge is 0.480 e. The van der Waals surface area contributed by atoms with Crippen molar-refractivity contribution in [2.45, 2.75) is 19.9 Å². The summed E-state index contributed by atoms with van der Waals surface area (Å²) in [7, 11) is 0. The first-order valence-corrected chi connectivity index (χ1v) is 13.0. The van der Waals surface area contributed by atoms with E-state index in [0.717, 1.165) is 14.5 Å². The molecule has 1 unspecified atom stereocenters. The van der Waals surface area contributed by atoms with Crippen LogP contribution in [0.5, 0.6) is 5.75 Å². The number of carbonyl (C=O) groups excluding carboxylic acids is 1. The maximum absolute atomic E-state index is 13.7. The number of allylic oxidation sites excluding steroid dienone is 1. The van der Waals surface area contributed by atoms with Crippen molar-refractivity contribution in [3.05, 3.63) is 93.5 Å². The Labute approximate surface area is 222 Å². The van der Waals surface area contributed by atoms with E-state index in [1.54, 1.807) is 30.6 Å². The maximum Gasteiger partial charge on any atom is 0.338 e. The molecule has 9 heteroatoms. The minimum atomic E-state index is -0.666. The van der Waals surface area contributed by atoms with Crippen molar-refractivity contribution in [1.82, 2.24) is 4.57 Å². The summed E-state index contributed by atoms with van der Waals surface area (Å²) in [5.74, 6) is 2.52. The predicted molar refractivity (Wildman–Crippen MR) is 143 cm³/mol. The van der Waals surface area contributed by atoms with Crippen LogP contribution in [0.15, 0.2) is 72.5 Å². The van der Waals surface area contributed by atoms with Gasteiger partial charge in [-0.05, 0) is 55.8 Å². The number of halogens is 2. The van der Waals surface area contributed by atoms with Crippen molar-refractivity contribution < 1.29 is 14.3 Å². The molecule has 3 aromatic rings. The average molecular weight is 616 g/mol. The summed E-state index contributed by atoms with van der Waals surface area (Å²) < 4.78 is 14.7. The molecule has 1 aliphatic heterocycles. The van der Waals surface area contributed by atoms with Gasteiger partial charge in [-0.1, -0.05) is 61.2 Å². The first kappa shape index (κ1) is 25.2. The molecule has 0 bridgehead atoms. The third-order valence-electron chi connectivity index (χ3n) is 5.27. The van der Waals surface area contributed by atoms with E-state index in [1.165, 1.54) is 11.3 Å². The van der Waals surface area contributed by atoms with Crippen LogP contribution in [0.1, 0.15) is 31.0 Å². The quantitative estimate of drug-likeness (QED) is 0.306. The van der Waals surface area contributed by atoms with Gasteiger partial charge in [0.05, 0.1) is 28.5 Å². The Morgan fingerprint density at radius 2 is 1.94 bits per heavy atom. The highest BCUT2D eigenvalue weighted by molar-refractivity contribution is 9.10. The fourth-order valence-corrected chi connectivity index (χ4v) is 5.46. The van der Waals surface area contributed by atoms with Crippen LogP contribution in [-0.2, 0) is 9.53 Å². The lowest BCUT2D eigenvalue weighted by molar-refractivity contribution is -0.139. The van der Waals surface area contributed by atoms with Crippen LogP contribution in [-0.4, -0.2) is 23.8 Å². The van der Waals surface area contributed by atoms with E-state index in [-0.39, 0.29) is 18.8 Å².